The van der Waals surface area contributed by atoms with Gasteiger partial charge >= 0.3 is 0 Å². The van der Waals surface area contributed by atoms with Gasteiger partial charge in [0, 0.05) is 0 Å². The number of hydrogen-bond acceptors (Lipinski definition) is 0. The van der Waals surface area contributed by atoms with Crippen LogP contribution in [0.4, 0.5) is 0 Å². The Kier molecular flexibility index (Phi) is 5.64. The van der Waals surface area contributed by atoms with Crippen LogP contribution in [0.3, 0.4) is 0 Å². The third kappa shape index (κ3) is 3.91. The Bertz CT molecular complexity index is 2270. The molecule has 8 aromatic carbocycles. The average molecular weight is 521 g/mol. The number of rotatable bonds is 4. The zero-order valence-corrected chi connectivity index (χ0v) is 22.7. The van der Waals surface area contributed by atoms with Gasteiger partial charge in [-0.2, -0.15) is 0 Å². The summed E-state index contributed by atoms with van der Waals surface area (Å²) in [5.41, 5.74) is 5.20. The van der Waals surface area contributed by atoms with Crippen LogP contribution in [0.2, 0.25) is 0 Å². The van der Waals surface area contributed by atoms with E-state index in [4.69, 9.17) is 0 Å². The molecule has 0 heterocycles. The molecule has 0 radical (unpaired) electrons. The van der Waals surface area contributed by atoms with E-state index >= 15 is 0 Å². The van der Waals surface area contributed by atoms with Crippen LogP contribution in [0.15, 0.2) is 152 Å². The second kappa shape index (κ2) is 9.77. The normalized spacial score (nSPS) is 11.9. The minimum atomic E-state index is 0.870. The molecule has 192 valence electrons. The van der Waals surface area contributed by atoms with Crippen molar-refractivity contribution in [1.29, 1.82) is 0 Å². The van der Waals surface area contributed by atoms with E-state index < -0.39 is 0 Å². The predicted molar refractivity (Wildman–Crippen MR) is 179 cm³/mol. The number of benzene rings is 8. The zero-order valence-electron chi connectivity index (χ0n) is 22.7. The summed E-state index contributed by atoms with van der Waals surface area (Å²) in [7, 11) is 0. The minimum Gasteiger partial charge on any atom is -0.0795 e. The minimum absolute atomic E-state index is 0.870. The van der Waals surface area contributed by atoms with Crippen LogP contribution >= 0.6 is 0 Å². The molecule has 0 saturated heterocycles. The molecule has 8 rings (SSSR count). The molecule has 0 atom stereocenters. The summed E-state index contributed by atoms with van der Waals surface area (Å²) in [5, 5.41) is 13.0. The smallest absolute Gasteiger partial charge is 0.00143 e. The molecule has 0 fully saturated rings. The summed E-state index contributed by atoms with van der Waals surface area (Å²) in [5.74, 6) is 0. The molecule has 0 nitrogen and oxygen atoms in total. The first kappa shape index (κ1) is 23.7. The van der Waals surface area contributed by atoms with Gasteiger partial charge < -0.3 is 0 Å². The maximum atomic E-state index is 2.37. The van der Waals surface area contributed by atoms with Crippen molar-refractivity contribution in [3.63, 3.8) is 0 Å². The van der Waals surface area contributed by atoms with Crippen molar-refractivity contribution in [2.75, 3.05) is 0 Å². The summed E-state index contributed by atoms with van der Waals surface area (Å²) in [6, 6.07) is 53.0. The molecular formula is C41H28. The monoisotopic (exact) mass is 520 g/mol. The van der Waals surface area contributed by atoms with Crippen molar-refractivity contribution < 1.29 is 0 Å². The van der Waals surface area contributed by atoms with Gasteiger partial charge in [0.15, 0.2) is 0 Å². The standard InChI is InChI=1S/C41H28/c1-2-14-29(15-3-1)40-38-23-11-10-22-36(38)37(39-26-25-28-13-4-7-20-34(28)41(39)40)24-12-17-31-27-30-16-5-6-18-32(30)35-21-9-8-19-33(31)35/h1-16,18-27H,17H2/b24-12+. The topological polar surface area (TPSA) is 0 Å². The lowest BCUT2D eigenvalue weighted by atomic mass is 9.86. The number of hydrogen-bond donors (Lipinski definition) is 0. The maximum absolute atomic E-state index is 2.37. The Labute approximate surface area is 239 Å². The van der Waals surface area contributed by atoms with Gasteiger partial charge in [0.25, 0.3) is 0 Å². The van der Waals surface area contributed by atoms with Crippen molar-refractivity contribution in [3.05, 3.63) is 163 Å². The molecule has 0 heteroatoms. The van der Waals surface area contributed by atoms with Gasteiger partial charge in [0.2, 0.25) is 0 Å². The van der Waals surface area contributed by atoms with Crippen molar-refractivity contribution in [2.24, 2.45) is 0 Å². The van der Waals surface area contributed by atoms with Gasteiger partial charge in [-0.15, -0.1) is 0 Å². The Morgan fingerprint density at radius 3 is 1.83 bits per heavy atom. The third-order valence-corrected chi connectivity index (χ3v) is 8.49. The lowest BCUT2D eigenvalue weighted by molar-refractivity contribution is 1.32. The van der Waals surface area contributed by atoms with Gasteiger partial charge in [-0.1, -0.05) is 158 Å². The van der Waals surface area contributed by atoms with Crippen molar-refractivity contribution in [1.82, 2.24) is 0 Å². The summed E-state index contributed by atoms with van der Waals surface area (Å²) in [4.78, 5) is 0. The van der Waals surface area contributed by atoms with E-state index in [2.05, 4.69) is 158 Å². The predicted octanol–water partition coefficient (Wildman–Crippen LogP) is 11.4. The molecule has 0 amide bonds. The van der Waals surface area contributed by atoms with E-state index in [9.17, 15) is 0 Å². The summed E-state index contributed by atoms with van der Waals surface area (Å²) >= 11 is 0. The molecule has 0 aromatic heterocycles. The molecule has 0 saturated carbocycles. The fourth-order valence-electron chi connectivity index (χ4n) is 6.67. The van der Waals surface area contributed by atoms with Crippen molar-refractivity contribution >= 4 is 59.9 Å². The van der Waals surface area contributed by atoms with E-state index in [0.29, 0.717) is 0 Å². The molecule has 0 bridgehead atoms. The lowest BCUT2D eigenvalue weighted by Gasteiger charge is -2.17. The number of fused-ring (bicyclic) bond motifs is 7. The van der Waals surface area contributed by atoms with Crippen molar-refractivity contribution in [2.45, 2.75) is 6.42 Å². The summed E-state index contributed by atoms with van der Waals surface area (Å²) < 4.78 is 0. The molecule has 0 aliphatic carbocycles. The van der Waals surface area contributed by atoms with Crippen LogP contribution < -0.4 is 0 Å². The van der Waals surface area contributed by atoms with Crippen LogP contribution in [-0.2, 0) is 6.42 Å². The Hall–Kier alpha value is -5.20. The SMILES string of the molecule is C(=C\c1c2ccccc2c(-c2ccccc2)c2c1ccc1ccccc12)/Cc1cc2ccccc2c2ccccc12. The molecule has 0 unspecified atom stereocenters. The van der Waals surface area contributed by atoms with Crippen LogP contribution in [0.1, 0.15) is 11.1 Å². The second-order valence-electron chi connectivity index (χ2n) is 10.8. The zero-order chi connectivity index (χ0) is 27.2. The lowest BCUT2D eigenvalue weighted by Crippen LogP contribution is -1.91. The quantitative estimate of drug-likeness (QED) is 0.160. The Morgan fingerprint density at radius 2 is 1.02 bits per heavy atom. The Balaban J connectivity index is 1.37. The van der Waals surface area contributed by atoms with E-state index in [-0.39, 0.29) is 0 Å². The molecule has 0 aliphatic rings. The highest BCUT2D eigenvalue weighted by Crippen LogP contribution is 2.43. The molecule has 0 N–H and O–H groups in total. The maximum Gasteiger partial charge on any atom is -0.00143 e. The van der Waals surface area contributed by atoms with Crippen LogP contribution in [0.5, 0.6) is 0 Å². The van der Waals surface area contributed by atoms with Gasteiger partial charge in [-0.25, -0.2) is 0 Å². The fourth-order valence-corrected chi connectivity index (χ4v) is 6.67. The van der Waals surface area contributed by atoms with Crippen LogP contribution in [-0.4, -0.2) is 0 Å². The number of allylic oxidation sites excluding steroid dienone is 1. The molecular weight excluding hydrogens is 492 g/mol. The Morgan fingerprint density at radius 1 is 0.415 bits per heavy atom. The van der Waals surface area contributed by atoms with Gasteiger partial charge in [-0.3, -0.25) is 0 Å². The largest absolute Gasteiger partial charge is 0.0795 e. The first-order valence-corrected chi connectivity index (χ1v) is 14.3. The summed E-state index contributed by atoms with van der Waals surface area (Å²) in [6.07, 6.45) is 5.59. The molecule has 41 heavy (non-hydrogen) atoms. The van der Waals surface area contributed by atoms with E-state index in [0.717, 1.165) is 6.42 Å². The van der Waals surface area contributed by atoms with E-state index in [1.165, 1.54) is 76.1 Å². The summed E-state index contributed by atoms with van der Waals surface area (Å²) in [6.45, 7) is 0. The van der Waals surface area contributed by atoms with Gasteiger partial charge in [0.05, 0.1) is 0 Å². The molecule has 0 aliphatic heterocycles. The third-order valence-electron chi connectivity index (χ3n) is 8.49. The highest BCUT2D eigenvalue weighted by molar-refractivity contribution is 6.25. The highest BCUT2D eigenvalue weighted by Gasteiger charge is 2.16. The second-order valence-corrected chi connectivity index (χ2v) is 10.8. The van der Waals surface area contributed by atoms with Crippen LogP contribution in [0, 0.1) is 0 Å². The molecule has 8 aromatic rings. The van der Waals surface area contributed by atoms with E-state index in [1.54, 1.807) is 0 Å². The molecule has 0 spiro atoms. The van der Waals surface area contributed by atoms with Crippen molar-refractivity contribution in [3.8, 4) is 11.1 Å². The highest BCUT2D eigenvalue weighted by atomic mass is 14.2. The van der Waals surface area contributed by atoms with E-state index in [1.807, 2.05) is 0 Å². The van der Waals surface area contributed by atoms with Gasteiger partial charge in [-0.05, 0) is 82.5 Å². The van der Waals surface area contributed by atoms with Gasteiger partial charge in [0.1, 0.15) is 0 Å². The fraction of sp³-hybridized carbons (Fsp3) is 0.0244. The van der Waals surface area contributed by atoms with Crippen LogP contribution in [0.25, 0.3) is 71.1 Å². The first-order valence-electron chi connectivity index (χ1n) is 14.3. The first-order chi connectivity index (χ1) is 20.4. The average Bonchev–Trinajstić information content (AvgIpc) is 3.04.